The van der Waals surface area contributed by atoms with E-state index in [2.05, 4.69) is 10.6 Å². The van der Waals surface area contributed by atoms with Crippen LogP contribution in [0.15, 0.2) is 24.3 Å². The Morgan fingerprint density at radius 1 is 0.692 bits per heavy atom. The molecule has 6 N–H and O–H groups in total. The number of hydrogen-bond acceptors (Lipinski definition) is 6. The summed E-state index contributed by atoms with van der Waals surface area (Å²) in [5.41, 5.74) is 1.43. The smallest absolute Gasteiger partial charge is 0.321 e. The number of carbonyl (C=O) groups is 4. The van der Waals surface area contributed by atoms with Gasteiger partial charge in [-0.1, -0.05) is 24.3 Å². The molecular formula is C16H20N2O8. The van der Waals surface area contributed by atoms with Crippen molar-refractivity contribution in [1.82, 2.24) is 10.6 Å². The number of rotatable bonds is 12. The molecule has 26 heavy (non-hydrogen) atoms. The standard InChI is InChI=1S/C16H20N2O8/c19-13(20)5-11(15(23)24)17-7-9-1-2-10(4-3-9)8-18-12(16(25)26)6-14(21)22/h1-4,11-12,17-18H,5-8H2,(H,19,20)(H,21,22)(H,23,24)(H,25,26). The van der Waals surface area contributed by atoms with Gasteiger partial charge < -0.3 is 20.4 Å². The van der Waals surface area contributed by atoms with Gasteiger partial charge >= 0.3 is 23.9 Å². The molecule has 1 rings (SSSR count). The Bertz CT molecular complexity index is 602. The Morgan fingerprint density at radius 3 is 1.23 bits per heavy atom. The molecule has 0 fully saturated rings. The van der Waals surface area contributed by atoms with Gasteiger partial charge in [0.05, 0.1) is 12.8 Å². The summed E-state index contributed by atoms with van der Waals surface area (Å²) in [6.45, 7) is 0.295. The van der Waals surface area contributed by atoms with Crippen molar-refractivity contribution in [2.24, 2.45) is 0 Å². The fourth-order valence-corrected chi connectivity index (χ4v) is 2.10. The molecule has 10 heteroatoms. The van der Waals surface area contributed by atoms with Crippen molar-refractivity contribution in [3.63, 3.8) is 0 Å². The fourth-order valence-electron chi connectivity index (χ4n) is 2.10. The van der Waals surface area contributed by atoms with Gasteiger partial charge in [0.2, 0.25) is 0 Å². The maximum atomic E-state index is 11.0. The quantitative estimate of drug-likeness (QED) is 0.288. The minimum Gasteiger partial charge on any atom is -0.481 e. The van der Waals surface area contributed by atoms with Crippen LogP contribution in [0.1, 0.15) is 24.0 Å². The van der Waals surface area contributed by atoms with Crippen LogP contribution < -0.4 is 10.6 Å². The third-order valence-electron chi connectivity index (χ3n) is 3.48. The molecule has 0 spiro atoms. The van der Waals surface area contributed by atoms with Gasteiger partial charge in [0, 0.05) is 13.1 Å². The third-order valence-corrected chi connectivity index (χ3v) is 3.48. The van der Waals surface area contributed by atoms with E-state index in [0.29, 0.717) is 11.1 Å². The van der Waals surface area contributed by atoms with Crippen molar-refractivity contribution < 1.29 is 39.6 Å². The van der Waals surface area contributed by atoms with Gasteiger partial charge in [0.25, 0.3) is 0 Å². The van der Waals surface area contributed by atoms with Crippen molar-refractivity contribution in [2.75, 3.05) is 0 Å². The van der Waals surface area contributed by atoms with E-state index >= 15 is 0 Å². The highest BCUT2D eigenvalue weighted by molar-refractivity contribution is 5.81. The SMILES string of the molecule is O=C(O)CC(NCc1ccc(CNC(CC(=O)O)C(=O)O)cc1)C(=O)O. The molecule has 0 saturated heterocycles. The molecule has 1 aromatic carbocycles. The molecule has 0 aliphatic heterocycles. The van der Waals surface area contributed by atoms with Gasteiger partial charge in [-0.05, 0) is 11.1 Å². The Balaban J connectivity index is 2.57. The number of hydrogen-bond donors (Lipinski definition) is 6. The molecule has 2 unspecified atom stereocenters. The number of nitrogens with one attached hydrogen (secondary N) is 2. The lowest BCUT2D eigenvalue weighted by Gasteiger charge is -2.14. The largest absolute Gasteiger partial charge is 0.481 e. The lowest BCUT2D eigenvalue weighted by Crippen LogP contribution is -2.38. The van der Waals surface area contributed by atoms with Crippen molar-refractivity contribution in [2.45, 2.75) is 38.0 Å². The van der Waals surface area contributed by atoms with E-state index in [9.17, 15) is 19.2 Å². The zero-order valence-electron chi connectivity index (χ0n) is 13.7. The second-order valence-electron chi connectivity index (χ2n) is 5.56. The van der Waals surface area contributed by atoms with Crippen LogP contribution in [0.5, 0.6) is 0 Å². The van der Waals surface area contributed by atoms with E-state index in [-0.39, 0.29) is 13.1 Å². The lowest BCUT2D eigenvalue weighted by atomic mass is 10.1. The van der Waals surface area contributed by atoms with E-state index in [4.69, 9.17) is 20.4 Å². The van der Waals surface area contributed by atoms with Gasteiger partial charge in [-0.15, -0.1) is 0 Å². The molecule has 0 radical (unpaired) electrons. The first kappa shape index (κ1) is 21.1. The van der Waals surface area contributed by atoms with Crippen LogP contribution in [0.4, 0.5) is 0 Å². The molecule has 0 bridgehead atoms. The van der Waals surface area contributed by atoms with Crippen LogP contribution in [0.2, 0.25) is 0 Å². The fraction of sp³-hybridized carbons (Fsp3) is 0.375. The molecular weight excluding hydrogens is 348 g/mol. The van der Waals surface area contributed by atoms with Crippen molar-refractivity contribution in [1.29, 1.82) is 0 Å². The van der Waals surface area contributed by atoms with Crippen LogP contribution in [0, 0.1) is 0 Å². The summed E-state index contributed by atoms with van der Waals surface area (Å²) in [5, 5.41) is 40.5. The van der Waals surface area contributed by atoms with Crippen LogP contribution >= 0.6 is 0 Å². The van der Waals surface area contributed by atoms with Crippen molar-refractivity contribution >= 4 is 23.9 Å². The molecule has 0 aliphatic rings. The Labute approximate surface area is 148 Å². The first-order chi connectivity index (χ1) is 12.2. The Kier molecular flexibility index (Phi) is 8.19. The zero-order valence-corrected chi connectivity index (χ0v) is 13.7. The van der Waals surface area contributed by atoms with Crippen molar-refractivity contribution in [3.05, 3.63) is 35.4 Å². The normalized spacial score (nSPS) is 12.9. The topological polar surface area (TPSA) is 173 Å². The monoisotopic (exact) mass is 368 g/mol. The van der Waals surface area contributed by atoms with Gasteiger partial charge in [-0.2, -0.15) is 0 Å². The maximum Gasteiger partial charge on any atom is 0.321 e. The molecule has 142 valence electrons. The molecule has 0 aromatic heterocycles. The number of benzene rings is 1. The van der Waals surface area contributed by atoms with Gasteiger partial charge in [-0.3, -0.25) is 29.8 Å². The second kappa shape index (κ2) is 10.1. The van der Waals surface area contributed by atoms with Crippen molar-refractivity contribution in [3.8, 4) is 0 Å². The van der Waals surface area contributed by atoms with Gasteiger partial charge in [0.15, 0.2) is 0 Å². The van der Waals surface area contributed by atoms with E-state index in [1.165, 1.54) is 0 Å². The molecule has 0 heterocycles. The number of aliphatic carboxylic acids is 4. The van der Waals surface area contributed by atoms with Gasteiger partial charge in [-0.25, -0.2) is 0 Å². The summed E-state index contributed by atoms with van der Waals surface area (Å²) >= 11 is 0. The molecule has 1 aromatic rings. The highest BCUT2D eigenvalue weighted by Crippen LogP contribution is 2.06. The first-order valence-electron chi connectivity index (χ1n) is 7.62. The lowest BCUT2D eigenvalue weighted by molar-refractivity contribution is -0.146. The third kappa shape index (κ3) is 7.73. The summed E-state index contributed by atoms with van der Waals surface area (Å²) in [6.07, 6.45) is -1.09. The summed E-state index contributed by atoms with van der Waals surface area (Å²) in [5.74, 6) is -4.96. The molecule has 10 nitrogen and oxygen atoms in total. The average Bonchev–Trinajstić information content (AvgIpc) is 2.55. The molecule has 2 atom stereocenters. The summed E-state index contributed by atoms with van der Waals surface area (Å²) in [4.78, 5) is 43.2. The summed E-state index contributed by atoms with van der Waals surface area (Å²) < 4.78 is 0. The van der Waals surface area contributed by atoms with Crippen LogP contribution in [0.25, 0.3) is 0 Å². The Morgan fingerprint density at radius 2 is 1.00 bits per heavy atom. The predicted octanol–water partition coefficient (Wildman–Crippen LogP) is -0.278. The first-order valence-corrected chi connectivity index (χ1v) is 7.62. The predicted molar refractivity (Wildman–Crippen MR) is 87.5 cm³/mol. The second-order valence-corrected chi connectivity index (χ2v) is 5.56. The maximum absolute atomic E-state index is 11.0. The minimum absolute atomic E-state index is 0.148. The average molecular weight is 368 g/mol. The van der Waals surface area contributed by atoms with Crippen LogP contribution in [-0.2, 0) is 32.3 Å². The molecule has 0 aliphatic carbocycles. The van der Waals surface area contributed by atoms with Crippen LogP contribution in [0.3, 0.4) is 0 Å². The van der Waals surface area contributed by atoms with E-state index in [1.807, 2.05) is 0 Å². The number of carboxylic acid groups (broad SMARTS) is 4. The Hall–Kier alpha value is -2.98. The summed E-state index contributed by atoms with van der Waals surface area (Å²) in [6, 6.07) is 4.29. The van der Waals surface area contributed by atoms with E-state index in [1.54, 1.807) is 24.3 Å². The van der Waals surface area contributed by atoms with Gasteiger partial charge in [0.1, 0.15) is 12.1 Å². The van der Waals surface area contributed by atoms with E-state index < -0.39 is 48.8 Å². The zero-order chi connectivity index (χ0) is 19.7. The summed E-state index contributed by atoms with van der Waals surface area (Å²) in [7, 11) is 0. The highest BCUT2D eigenvalue weighted by Gasteiger charge is 2.21. The van der Waals surface area contributed by atoms with E-state index in [0.717, 1.165) is 0 Å². The molecule has 0 saturated carbocycles. The van der Waals surface area contributed by atoms with Crippen LogP contribution in [-0.4, -0.2) is 56.4 Å². The molecule has 0 amide bonds. The number of carboxylic acids is 4. The highest BCUT2D eigenvalue weighted by atomic mass is 16.4. The minimum atomic E-state index is -1.26.